The van der Waals surface area contributed by atoms with Gasteiger partial charge in [0.05, 0.1) is 18.4 Å². The second kappa shape index (κ2) is 7.71. The van der Waals surface area contributed by atoms with Crippen molar-refractivity contribution in [3.05, 3.63) is 47.7 Å². The highest BCUT2D eigenvalue weighted by Gasteiger charge is 2.22. The first-order chi connectivity index (χ1) is 11.6. The largest absolute Gasteiger partial charge is 0.370 e. The Bertz CT molecular complexity index is 660. The van der Waals surface area contributed by atoms with Gasteiger partial charge in [-0.15, -0.1) is 0 Å². The van der Waals surface area contributed by atoms with Crippen molar-refractivity contribution in [2.45, 2.75) is 52.2 Å². The quantitative estimate of drug-likeness (QED) is 0.842. The van der Waals surface area contributed by atoms with Crippen LogP contribution in [0.3, 0.4) is 0 Å². The van der Waals surface area contributed by atoms with Gasteiger partial charge in [0.25, 0.3) is 0 Å². The molecule has 0 aromatic carbocycles. The summed E-state index contributed by atoms with van der Waals surface area (Å²) in [6.45, 7) is 8.77. The topological polar surface area (TPSA) is 51.1 Å². The molecule has 0 unspecified atom stereocenters. The molecule has 5 heteroatoms. The summed E-state index contributed by atoms with van der Waals surface area (Å²) in [6.07, 6.45) is 4.24. The molecular weight excluding hydrogens is 300 g/mol. The summed E-state index contributed by atoms with van der Waals surface area (Å²) in [6, 6.07) is 8.05. The fourth-order valence-electron chi connectivity index (χ4n) is 3.00. The Morgan fingerprint density at radius 1 is 1.29 bits per heavy atom. The maximum Gasteiger partial charge on any atom is 0.132 e. The van der Waals surface area contributed by atoms with E-state index in [2.05, 4.69) is 39.8 Å². The van der Waals surface area contributed by atoms with Crippen LogP contribution in [0.4, 0.5) is 5.82 Å². The van der Waals surface area contributed by atoms with Crippen LogP contribution in [0, 0.1) is 6.92 Å². The lowest BCUT2D eigenvalue weighted by molar-refractivity contribution is 0.0297. The number of aromatic nitrogens is 3. The highest BCUT2D eigenvalue weighted by molar-refractivity contribution is 5.41. The van der Waals surface area contributed by atoms with Gasteiger partial charge in [-0.1, -0.05) is 19.9 Å². The summed E-state index contributed by atoms with van der Waals surface area (Å²) in [5, 5.41) is 0. The molecule has 3 rings (SSSR count). The third kappa shape index (κ3) is 4.29. The zero-order valence-corrected chi connectivity index (χ0v) is 14.8. The van der Waals surface area contributed by atoms with E-state index in [9.17, 15) is 0 Å². The molecule has 1 aliphatic rings. The number of piperidine rings is 1. The van der Waals surface area contributed by atoms with Gasteiger partial charge < -0.3 is 9.64 Å². The lowest BCUT2D eigenvalue weighted by Gasteiger charge is -2.33. The van der Waals surface area contributed by atoms with Crippen molar-refractivity contribution in [1.82, 2.24) is 15.0 Å². The summed E-state index contributed by atoms with van der Waals surface area (Å²) >= 11 is 0. The Kier molecular flexibility index (Phi) is 5.41. The van der Waals surface area contributed by atoms with Crippen molar-refractivity contribution < 1.29 is 4.74 Å². The SMILES string of the molecule is Cc1nc(C(C)C)cc(N2CCC[C@@H](OCc3ccccn3)C2)n1. The number of hydrogen-bond acceptors (Lipinski definition) is 5. The molecule has 24 heavy (non-hydrogen) atoms. The van der Waals surface area contributed by atoms with Crippen LogP contribution in [-0.4, -0.2) is 34.1 Å². The predicted molar refractivity (Wildman–Crippen MR) is 95.1 cm³/mol. The van der Waals surface area contributed by atoms with Crippen LogP contribution >= 0.6 is 0 Å². The fraction of sp³-hybridized carbons (Fsp3) is 0.526. The first-order valence-electron chi connectivity index (χ1n) is 8.74. The smallest absolute Gasteiger partial charge is 0.132 e. The highest BCUT2D eigenvalue weighted by atomic mass is 16.5. The van der Waals surface area contributed by atoms with E-state index < -0.39 is 0 Å². The molecule has 3 heterocycles. The molecule has 0 amide bonds. The summed E-state index contributed by atoms with van der Waals surface area (Å²) < 4.78 is 6.08. The third-order valence-corrected chi connectivity index (χ3v) is 4.33. The minimum atomic E-state index is 0.221. The fourth-order valence-corrected chi connectivity index (χ4v) is 3.00. The Morgan fingerprint density at radius 3 is 2.92 bits per heavy atom. The van der Waals surface area contributed by atoms with E-state index in [0.717, 1.165) is 49.0 Å². The number of pyridine rings is 1. The summed E-state index contributed by atoms with van der Waals surface area (Å²) in [4.78, 5) is 15.8. The second-order valence-corrected chi connectivity index (χ2v) is 6.70. The average molecular weight is 326 g/mol. The van der Waals surface area contributed by atoms with Gasteiger partial charge in [-0.3, -0.25) is 4.98 Å². The van der Waals surface area contributed by atoms with Crippen molar-refractivity contribution in [1.29, 1.82) is 0 Å². The average Bonchev–Trinajstić information content (AvgIpc) is 2.60. The maximum absolute atomic E-state index is 6.08. The van der Waals surface area contributed by atoms with Gasteiger partial charge in [0.1, 0.15) is 11.6 Å². The van der Waals surface area contributed by atoms with Crippen LogP contribution in [0.1, 0.15) is 49.8 Å². The molecule has 0 radical (unpaired) electrons. The molecule has 0 spiro atoms. The van der Waals surface area contributed by atoms with E-state index in [1.807, 2.05) is 31.3 Å². The van der Waals surface area contributed by atoms with Gasteiger partial charge in [0.15, 0.2) is 0 Å². The van der Waals surface area contributed by atoms with Crippen LogP contribution in [0.2, 0.25) is 0 Å². The van der Waals surface area contributed by atoms with Crippen LogP contribution < -0.4 is 4.90 Å². The summed E-state index contributed by atoms with van der Waals surface area (Å²) in [5.74, 6) is 2.27. The molecule has 1 aliphatic heterocycles. The Hall–Kier alpha value is -2.01. The molecule has 2 aromatic rings. The lowest BCUT2D eigenvalue weighted by Crippen LogP contribution is -2.40. The van der Waals surface area contributed by atoms with E-state index in [4.69, 9.17) is 4.74 Å². The molecule has 1 atom stereocenters. The van der Waals surface area contributed by atoms with E-state index in [-0.39, 0.29) is 6.10 Å². The van der Waals surface area contributed by atoms with Crippen LogP contribution in [-0.2, 0) is 11.3 Å². The molecule has 2 aromatic heterocycles. The molecule has 0 bridgehead atoms. The summed E-state index contributed by atoms with van der Waals surface area (Å²) in [7, 11) is 0. The minimum absolute atomic E-state index is 0.221. The normalized spacial score (nSPS) is 18.2. The zero-order valence-electron chi connectivity index (χ0n) is 14.8. The van der Waals surface area contributed by atoms with E-state index in [1.165, 1.54) is 0 Å². The highest BCUT2D eigenvalue weighted by Crippen LogP contribution is 2.23. The number of nitrogens with zero attached hydrogens (tertiary/aromatic N) is 4. The van der Waals surface area contributed by atoms with Gasteiger partial charge in [-0.25, -0.2) is 9.97 Å². The number of hydrogen-bond donors (Lipinski definition) is 0. The molecule has 128 valence electrons. The molecule has 0 N–H and O–H groups in total. The van der Waals surface area contributed by atoms with Crippen molar-refractivity contribution in [3.8, 4) is 0 Å². The zero-order chi connectivity index (χ0) is 16.9. The first-order valence-corrected chi connectivity index (χ1v) is 8.74. The predicted octanol–water partition coefficient (Wildman–Crippen LogP) is 3.49. The Labute approximate surface area is 144 Å². The van der Waals surface area contributed by atoms with Crippen molar-refractivity contribution in [2.75, 3.05) is 18.0 Å². The molecular formula is C19H26N4O. The van der Waals surface area contributed by atoms with Gasteiger partial charge in [0, 0.05) is 31.0 Å². The summed E-state index contributed by atoms with van der Waals surface area (Å²) in [5.41, 5.74) is 2.09. The maximum atomic E-state index is 6.08. The van der Waals surface area contributed by atoms with Crippen molar-refractivity contribution in [3.63, 3.8) is 0 Å². The Balaban J connectivity index is 1.65. The standard InChI is InChI=1S/C19H26N4O/c1-14(2)18-11-19(22-15(3)21-18)23-10-6-8-17(12-23)24-13-16-7-4-5-9-20-16/h4-5,7,9,11,14,17H,6,8,10,12-13H2,1-3H3/t17-/m1/s1. The number of aryl methyl sites for hydroxylation is 1. The monoisotopic (exact) mass is 326 g/mol. The van der Waals surface area contributed by atoms with Gasteiger partial charge in [-0.2, -0.15) is 0 Å². The number of anilines is 1. The Morgan fingerprint density at radius 2 is 2.17 bits per heavy atom. The molecule has 0 aliphatic carbocycles. The number of ether oxygens (including phenoxy) is 1. The minimum Gasteiger partial charge on any atom is -0.370 e. The molecule has 1 fully saturated rings. The molecule has 0 saturated carbocycles. The second-order valence-electron chi connectivity index (χ2n) is 6.70. The van der Waals surface area contributed by atoms with Gasteiger partial charge in [-0.05, 0) is 37.8 Å². The molecule has 5 nitrogen and oxygen atoms in total. The number of rotatable bonds is 5. The lowest BCUT2D eigenvalue weighted by atomic mass is 10.1. The van der Waals surface area contributed by atoms with Gasteiger partial charge in [0.2, 0.25) is 0 Å². The van der Waals surface area contributed by atoms with E-state index in [0.29, 0.717) is 12.5 Å². The first kappa shape index (κ1) is 16.8. The van der Waals surface area contributed by atoms with E-state index >= 15 is 0 Å². The third-order valence-electron chi connectivity index (χ3n) is 4.33. The molecule has 1 saturated heterocycles. The van der Waals surface area contributed by atoms with Crippen LogP contribution in [0.25, 0.3) is 0 Å². The van der Waals surface area contributed by atoms with Crippen LogP contribution in [0.15, 0.2) is 30.5 Å². The van der Waals surface area contributed by atoms with Crippen molar-refractivity contribution in [2.24, 2.45) is 0 Å². The van der Waals surface area contributed by atoms with E-state index in [1.54, 1.807) is 0 Å². The van der Waals surface area contributed by atoms with Crippen LogP contribution in [0.5, 0.6) is 0 Å². The van der Waals surface area contributed by atoms with Crippen molar-refractivity contribution >= 4 is 5.82 Å². The van der Waals surface area contributed by atoms with Gasteiger partial charge >= 0.3 is 0 Å².